The molecule has 2 aromatic rings. The van der Waals surface area contributed by atoms with Crippen molar-refractivity contribution in [2.75, 3.05) is 5.32 Å². The maximum Gasteiger partial charge on any atom is 0.265 e. The van der Waals surface area contributed by atoms with Gasteiger partial charge in [-0.3, -0.25) is 9.78 Å². The molecule has 0 spiro atoms. The number of anilines is 1. The number of carbonyl (C=O) groups excluding carboxylic acids is 1. The SMILES string of the molecule is Cc1cc(C)c(NC(=O)C(C)Oc2ccc(Cl)cc2Br)c(C)n1. The maximum absolute atomic E-state index is 12.4. The molecule has 0 aliphatic rings. The van der Waals surface area contributed by atoms with E-state index in [-0.39, 0.29) is 5.91 Å². The molecule has 1 amide bonds. The second kappa shape index (κ2) is 7.32. The van der Waals surface area contributed by atoms with E-state index in [0.29, 0.717) is 15.2 Å². The Morgan fingerprint density at radius 1 is 1.30 bits per heavy atom. The summed E-state index contributed by atoms with van der Waals surface area (Å²) in [7, 11) is 0. The molecule has 0 saturated heterocycles. The van der Waals surface area contributed by atoms with Crippen molar-refractivity contribution in [3.05, 3.63) is 50.7 Å². The number of hydrogen-bond donors (Lipinski definition) is 1. The highest BCUT2D eigenvalue weighted by Gasteiger charge is 2.18. The van der Waals surface area contributed by atoms with Crippen LogP contribution in [0.1, 0.15) is 23.9 Å². The van der Waals surface area contributed by atoms with Crippen LogP contribution in [0.2, 0.25) is 5.02 Å². The van der Waals surface area contributed by atoms with E-state index in [1.807, 2.05) is 26.8 Å². The minimum atomic E-state index is -0.660. The van der Waals surface area contributed by atoms with Crippen LogP contribution < -0.4 is 10.1 Å². The monoisotopic (exact) mass is 396 g/mol. The number of hydrogen-bond acceptors (Lipinski definition) is 3. The smallest absolute Gasteiger partial charge is 0.265 e. The van der Waals surface area contributed by atoms with Gasteiger partial charge in [0, 0.05) is 10.7 Å². The van der Waals surface area contributed by atoms with Crippen molar-refractivity contribution >= 4 is 39.1 Å². The van der Waals surface area contributed by atoms with E-state index in [2.05, 4.69) is 26.2 Å². The Kier molecular flexibility index (Phi) is 5.65. The lowest BCUT2D eigenvalue weighted by Crippen LogP contribution is -2.31. The summed E-state index contributed by atoms with van der Waals surface area (Å²) < 4.78 is 6.40. The third kappa shape index (κ3) is 4.45. The Bertz CT molecular complexity index is 726. The third-order valence-corrected chi connectivity index (χ3v) is 4.20. The van der Waals surface area contributed by atoms with E-state index in [1.165, 1.54) is 0 Å². The highest BCUT2D eigenvalue weighted by molar-refractivity contribution is 9.10. The molecule has 4 nitrogen and oxygen atoms in total. The summed E-state index contributed by atoms with van der Waals surface area (Å²) in [6, 6.07) is 7.09. The van der Waals surface area contributed by atoms with Crippen molar-refractivity contribution in [1.82, 2.24) is 4.98 Å². The zero-order valence-electron chi connectivity index (χ0n) is 13.4. The van der Waals surface area contributed by atoms with Crippen LogP contribution in [0.15, 0.2) is 28.7 Å². The number of benzene rings is 1. The number of aryl methyl sites for hydroxylation is 3. The van der Waals surface area contributed by atoms with Crippen LogP contribution in [0.5, 0.6) is 5.75 Å². The number of carbonyl (C=O) groups is 1. The summed E-state index contributed by atoms with van der Waals surface area (Å²) >= 11 is 9.27. The van der Waals surface area contributed by atoms with Crippen LogP contribution >= 0.6 is 27.5 Å². The van der Waals surface area contributed by atoms with Crippen molar-refractivity contribution in [2.45, 2.75) is 33.8 Å². The molecule has 1 N–H and O–H groups in total. The lowest BCUT2D eigenvalue weighted by atomic mass is 10.1. The number of rotatable bonds is 4. The molecule has 122 valence electrons. The lowest BCUT2D eigenvalue weighted by molar-refractivity contribution is -0.122. The predicted molar refractivity (Wildman–Crippen MR) is 96.3 cm³/mol. The molecule has 1 aromatic carbocycles. The van der Waals surface area contributed by atoms with Crippen molar-refractivity contribution < 1.29 is 9.53 Å². The Balaban J connectivity index is 2.11. The normalized spacial score (nSPS) is 11.9. The second-order valence-electron chi connectivity index (χ2n) is 5.37. The summed E-state index contributed by atoms with van der Waals surface area (Å²) in [6.07, 6.45) is -0.660. The number of nitrogens with zero attached hydrogens (tertiary/aromatic N) is 1. The quantitative estimate of drug-likeness (QED) is 0.804. The standard InChI is InChI=1S/C17H18BrClN2O2/c1-9-7-10(2)20-11(3)16(9)21-17(22)12(4)23-15-6-5-13(19)8-14(15)18/h5-8,12H,1-4H3,(H,21,22). The Morgan fingerprint density at radius 3 is 2.61 bits per heavy atom. The Hall–Kier alpha value is -1.59. The third-order valence-electron chi connectivity index (χ3n) is 3.34. The van der Waals surface area contributed by atoms with Gasteiger partial charge in [-0.25, -0.2) is 0 Å². The zero-order valence-corrected chi connectivity index (χ0v) is 15.7. The Morgan fingerprint density at radius 2 is 2.00 bits per heavy atom. The number of aromatic nitrogens is 1. The molecule has 2 rings (SSSR count). The van der Waals surface area contributed by atoms with Gasteiger partial charge >= 0.3 is 0 Å². The maximum atomic E-state index is 12.4. The Labute approximate surface area is 149 Å². The molecule has 1 aromatic heterocycles. The van der Waals surface area contributed by atoms with Gasteiger partial charge in [-0.15, -0.1) is 0 Å². The molecule has 0 fully saturated rings. The van der Waals surface area contributed by atoms with E-state index in [9.17, 15) is 4.79 Å². The molecule has 0 aliphatic heterocycles. The summed E-state index contributed by atoms with van der Waals surface area (Å²) in [6.45, 7) is 7.44. The predicted octanol–water partition coefficient (Wildman–Crippen LogP) is 4.83. The molecule has 1 unspecified atom stereocenters. The first kappa shape index (κ1) is 17.8. The van der Waals surface area contributed by atoms with Crippen LogP contribution in [0, 0.1) is 20.8 Å². The molecule has 0 bridgehead atoms. The van der Waals surface area contributed by atoms with Gasteiger partial charge in [0.2, 0.25) is 0 Å². The highest BCUT2D eigenvalue weighted by Crippen LogP contribution is 2.29. The summed E-state index contributed by atoms with van der Waals surface area (Å²) in [5.41, 5.74) is 3.41. The van der Waals surface area contributed by atoms with E-state index in [1.54, 1.807) is 25.1 Å². The number of ether oxygens (including phenoxy) is 1. The molecule has 6 heteroatoms. The first-order valence-electron chi connectivity index (χ1n) is 7.15. The molecule has 1 heterocycles. The van der Waals surface area contributed by atoms with Gasteiger partial charge in [0.05, 0.1) is 15.9 Å². The average Bonchev–Trinajstić information content (AvgIpc) is 2.45. The topological polar surface area (TPSA) is 51.2 Å². The van der Waals surface area contributed by atoms with Crippen molar-refractivity contribution in [3.8, 4) is 5.75 Å². The molecular formula is C17H18BrClN2O2. The molecule has 1 atom stereocenters. The fraction of sp³-hybridized carbons (Fsp3) is 0.294. The van der Waals surface area contributed by atoms with Gasteiger partial charge in [0.25, 0.3) is 5.91 Å². The van der Waals surface area contributed by atoms with Gasteiger partial charge in [-0.1, -0.05) is 11.6 Å². The van der Waals surface area contributed by atoms with Crippen LogP contribution in [0.4, 0.5) is 5.69 Å². The fourth-order valence-corrected chi connectivity index (χ4v) is 3.03. The van der Waals surface area contributed by atoms with Crippen LogP contribution in [-0.2, 0) is 4.79 Å². The molecule has 0 aliphatic carbocycles. The molecule has 0 saturated carbocycles. The van der Waals surface area contributed by atoms with Gasteiger partial charge in [0.1, 0.15) is 5.75 Å². The molecular weight excluding hydrogens is 380 g/mol. The second-order valence-corrected chi connectivity index (χ2v) is 6.66. The number of halogens is 2. The largest absolute Gasteiger partial charge is 0.480 e. The van der Waals surface area contributed by atoms with Gasteiger partial charge < -0.3 is 10.1 Å². The number of pyridine rings is 1. The van der Waals surface area contributed by atoms with E-state index >= 15 is 0 Å². The van der Waals surface area contributed by atoms with E-state index < -0.39 is 6.10 Å². The van der Waals surface area contributed by atoms with E-state index in [0.717, 1.165) is 22.6 Å². The van der Waals surface area contributed by atoms with Crippen molar-refractivity contribution in [2.24, 2.45) is 0 Å². The van der Waals surface area contributed by atoms with Crippen LogP contribution in [0.25, 0.3) is 0 Å². The van der Waals surface area contributed by atoms with Gasteiger partial charge in [0.15, 0.2) is 6.10 Å². The molecule has 0 radical (unpaired) electrons. The number of amides is 1. The van der Waals surface area contributed by atoms with Crippen LogP contribution in [0.3, 0.4) is 0 Å². The fourth-order valence-electron chi connectivity index (χ4n) is 2.25. The average molecular weight is 398 g/mol. The van der Waals surface area contributed by atoms with Crippen molar-refractivity contribution in [3.63, 3.8) is 0 Å². The summed E-state index contributed by atoms with van der Waals surface area (Å²) in [5.74, 6) is 0.330. The van der Waals surface area contributed by atoms with Crippen molar-refractivity contribution in [1.29, 1.82) is 0 Å². The summed E-state index contributed by atoms with van der Waals surface area (Å²) in [5, 5.41) is 3.48. The van der Waals surface area contributed by atoms with Crippen LogP contribution in [-0.4, -0.2) is 17.0 Å². The zero-order chi connectivity index (χ0) is 17.1. The first-order chi connectivity index (χ1) is 10.8. The first-order valence-corrected chi connectivity index (χ1v) is 8.32. The molecule has 23 heavy (non-hydrogen) atoms. The van der Waals surface area contributed by atoms with Gasteiger partial charge in [-0.2, -0.15) is 0 Å². The summed E-state index contributed by atoms with van der Waals surface area (Å²) in [4.78, 5) is 16.8. The minimum Gasteiger partial charge on any atom is -0.480 e. The minimum absolute atomic E-state index is 0.233. The highest BCUT2D eigenvalue weighted by atomic mass is 79.9. The number of nitrogens with one attached hydrogen (secondary N) is 1. The lowest BCUT2D eigenvalue weighted by Gasteiger charge is -2.18. The van der Waals surface area contributed by atoms with Gasteiger partial charge in [-0.05, 0) is 73.5 Å². The van der Waals surface area contributed by atoms with E-state index in [4.69, 9.17) is 16.3 Å².